The molecule has 0 saturated heterocycles. The summed E-state index contributed by atoms with van der Waals surface area (Å²) in [6.07, 6.45) is 0.809. The smallest absolute Gasteiger partial charge is 0.341 e. The van der Waals surface area contributed by atoms with Crippen LogP contribution < -0.4 is 5.43 Å². The first kappa shape index (κ1) is 13.4. The molecular formula is C11H15NO5. The lowest BCUT2D eigenvalue weighted by Crippen LogP contribution is -2.25. The number of aryl methyl sites for hydroxylation is 1. The molecule has 0 bridgehead atoms. The highest BCUT2D eigenvalue weighted by molar-refractivity contribution is 5.87. The molecule has 1 aromatic rings. The second-order valence-electron chi connectivity index (χ2n) is 3.55. The first-order valence-corrected chi connectivity index (χ1v) is 4.99. The van der Waals surface area contributed by atoms with Crippen molar-refractivity contribution in [2.45, 2.75) is 19.8 Å². The fourth-order valence-electron chi connectivity index (χ4n) is 1.43. The van der Waals surface area contributed by atoms with Crippen LogP contribution in [-0.2, 0) is 16.0 Å². The van der Waals surface area contributed by atoms with Gasteiger partial charge in [-0.25, -0.2) is 4.79 Å². The third-order valence-corrected chi connectivity index (χ3v) is 2.45. The van der Waals surface area contributed by atoms with Crippen molar-refractivity contribution in [2.24, 2.45) is 0 Å². The number of carboxylic acids is 1. The average Bonchev–Trinajstić information content (AvgIpc) is 2.27. The highest BCUT2D eigenvalue weighted by atomic mass is 16.7. The Morgan fingerprint density at radius 3 is 2.53 bits per heavy atom. The van der Waals surface area contributed by atoms with E-state index in [2.05, 4.69) is 0 Å². The molecule has 1 aromatic heterocycles. The van der Waals surface area contributed by atoms with Crippen LogP contribution in [0, 0.1) is 6.92 Å². The molecule has 17 heavy (non-hydrogen) atoms. The number of carboxylic acid groups (broad SMARTS) is 1. The molecule has 1 N–H and O–H groups in total. The lowest BCUT2D eigenvalue weighted by atomic mass is 10.2. The average molecular weight is 241 g/mol. The molecule has 0 atom stereocenters. The number of hydrogen-bond acceptors (Lipinski definition) is 4. The fraction of sp³-hybridized carbons (Fsp3) is 0.455. The van der Waals surface area contributed by atoms with Crippen molar-refractivity contribution in [3.05, 3.63) is 33.7 Å². The van der Waals surface area contributed by atoms with E-state index in [-0.39, 0.29) is 5.56 Å². The van der Waals surface area contributed by atoms with Crippen molar-refractivity contribution in [3.63, 3.8) is 0 Å². The second-order valence-corrected chi connectivity index (χ2v) is 3.55. The van der Waals surface area contributed by atoms with Crippen molar-refractivity contribution in [1.29, 1.82) is 0 Å². The number of ether oxygens (including phenoxy) is 2. The van der Waals surface area contributed by atoms with Crippen LogP contribution in [0.1, 0.15) is 16.1 Å². The lowest BCUT2D eigenvalue weighted by molar-refractivity contribution is -0.111. The highest BCUT2D eigenvalue weighted by Crippen LogP contribution is 2.03. The first-order valence-electron chi connectivity index (χ1n) is 4.99. The number of aromatic nitrogens is 1. The number of hydrogen-bond donors (Lipinski definition) is 1. The van der Waals surface area contributed by atoms with Gasteiger partial charge in [-0.3, -0.25) is 4.79 Å². The van der Waals surface area contributed by atoms with Crippen LogP contribution in [-0.4, -0.2) is 36.2 Å². The molecule has 0 fully saturated rings. The predicted molar refractivity (Wildman–Crippen MR) is 60.2 cm³/mol. The summed E-state index contributed by atoms with van der Waals surface area (Å²) < 4.78 is 11.7. The molecule has 1 heterocycles. The summed E-state index contributed by atoms with van der Waals surface area (Å²) in [6, 6.07) is 1.28. The van der Waals surface area contributed by atoms with E-state index in [9.17, 15) is 9.59 Å². The summed E-state index contributed by atoms with van der Waals surface area (Å²) in [7, 11) is 2.98. The van der Waals surface area contributed by atoms with Gasteiger partial charge in [-0.15, -0.1) is 0 Å². The van der Waals surface area contributed by atoms with Gasteiger partial charge >= 0.3 is 5.97 Å². The summed E-state index contributed by atoms with van der Waals surface area (Å²) in [5, 5.41) is 8.85. The zero-order chi connectivity index (χ0) is 13.0. The topological polar surface area (TPSA) is 77.8 Å². The van der Waals surface area contributed by atoms with E-state index in [1.54, 1.807) is 11.5 Å². The Labute approximate surface area is 98.4 Å². The Morgan fingerprint density at radius 1 is 1.47 bits per heavy atom. The van der Waals surface area contributed by atoms with E-state index < -0.39 is 17.7 Å². The van der Waals surface area contributed by atoms with Crippen LogP contribution in [0.25, 0.3) is 0 Å². The zero-order valence-corrected chi connectivity index (χ0v) is 9.97. The number of aromatic carboxylic acids is 1. The molecule has 94 valence electrons. The zero-order valence-electron chi connectivity index (χ0n) is 9.97. The highest BCUT2D eigenvalue weighted by Gasteiger charge is 2.13. The minimum atomic E-state index is -1.24. The first-order chi connectivity index (χ1) is 7.99. The van der Waals surface area contributed by atoms with E-state index in [0.29, 0.717) is 12.2 Å². The minimum Gasteiger partial charge on any atom is -0.477 e. The van der Waals surface area contributed by atoms with E-state index in [4.69, 9.17) is 14.6 Å². The van der Waals surface area contributed by atoms with Gasteiger partial charge in [0.05, 0.1) is 6.54 Å². The minimum absolute atomic E-state index is 0.262. The van der Waals surface area contributed by atoms with E-state index in [1.165, 1.54) is 26.5 Å². The third-order valence-electron chi connectivity index (χ3n) is 2.45. The van der Waals surface area contributed by atoms with Crippen LogP contribution in [0.3, 0.4) is 0 Å². The number of pyridine rings is 1. The number of carbonyl (C=O) groups is 1. The van der Waals surface area contributed by atoms with Gasteiger partial charge < -0.3 is 19.1 Å². The number of rotatable bonds is 5. The number of methoxy groups -OCH3 is 2. The summed E-state index contributed by atoms with van der Waals surface area (Å²) in [6.45, 7) is 2.04. The monoisotopic (exact) mass is 241 g/mol. The Kier molecular flexibility index (Phi) is 4.42. The number of nitrogens with zero attached hydrogens (tertiary/aromatic N) is 1. The maximum absolute atomic E-state index is 11.4. The van der Waals surface area contributed by atoms with Gasteiger partial charge in [0.25, 0.3) is 0 Å². The van der Waals surface area contributed by atoms with Crippen LogP contribution >= 0.6 is 0 Å². The summed E-state index contributed by atoms with van der Waals surface area (Å²) in [5.74, 6) is -1.24. The van der Waals surface area contributed by atoms with E-state index >= 15 is 0 Å². The van der Waals surface area contributed by atoms with Crippen LogP contribution in [0.5, 0.6) is 0 Å². The maximum Gasteiger partial charge on any atom is 0.341 e. The molecule has 0 aliphatic heterocycles. The van der Waals surface area contributed by atoms with Gasteiger partial charge in [0.15, 0.2) is 11.7 Å². The molecule has 0 amide bonds. The Balaban J connectivity index is 3.11. The molecule has 0 spiro atoms. The SMILES string of the molecule is COC(Cn1cc(C(=O)O)c(=O)cc1C)OC. The normalized spacial score (nSPS) is 10.8. The van der Waals surface area contributed by atoms with Crippen molar-refractivity contribution in [3.8, 4) is 0 Å². The molecular weight excluding hydrogens is 226 g/mol. The second kappa shape index (κ2) is 5.60. The van der Waals surface area contributed by atoms with Gasteiger partial charge in [0, 0.05) is 32.2 Å². The molecule has 0 aromatic carbocycles. The van der Waals surface area contributed by atoms with Crippen LogP contribution in [0.4, 0.5) is 0 Å². The fourth-order valence-corrected chi connectivity index (χ4v) is 1.43. The molecule has 6 heteroatoms. The van der Waals surface area contributed by atoms with E-state index in [1.807, 2.05) is 0 Å². The van der Waals surface area contributed by atoms with Gasteiger partial charge in [-0.05, 0) is 6.92 Å². The summed E-state index contributed by atoms with van der Waals surface area (Å²) in [5.41, 5.74) is -0.113. The molecule has 0 radical (unpaired) electrons. The van der Waals surface area contributed by atoms with Crippen molar-refractivity contribution in [1.82, 2.24) is 4.57 Å². The van der Waals surface area contributed by atoms with Crippen molar-refractivity contribution < 1.29 is 19.4 Å². The Hall–Kier alpha value is -1.66. The molecule has 0 aliphatic rings. The van der Waals surface area contributed by atoms with E-state index in [0.717, 1.165) is 0 Å². The van der Waals surface area contributed by atoms with Gasteiger partial charge in [0.1, 0.15) is 5.56 Å². The third kappa shape index (κ3) is 3.15. The molecule has 0 saturated carbocycles. The molecule has 1 rings (SSSR count). The lowest BCUT2D eigenvalue weighted by Gasteiger charge is -2.17. The maximum atomic E-state index is 11.4. The summed E-state index contributed by atoms with van der Waals surface area (Å²) >= 11 is 0. The Morgan fingerprint density at radius 2 is 2.06 bits per heavy atom. The van der Waals surface area contributed by atoms with Gasteiger partial charge in [-0.1, -0.05) is 0 Å². The quantitative estimate of drug-likeness (QED) is 0.758. The standard InChI is InChI=1S/C11H15NO5/c1-7-4-9(13)8(11(14)15)5-12(7)6-10(16-2)17-3/h4-5,10H,6H2,1-3H3,(H,14,15). The largest absolute Gasteiger partial charge is 0.477 e. The van der Waals surface area contributed by atoms with Gasteiger partial charge in [0.2, 0.25) is 0 Å². The molecule has 6 nitrogen and oxygen atoms in total. The van der Waals surface area contributed by atoms with Crippen LogP contribution in [0.15, 0.2) is 17.1 Å². The summed E-state index contributed by atoms with van der Waals surface area (Å²) in [4.78, 5) is 22.2. The molecule has 0 aliphatic carbocycles. The molecule has 0 unspecified atom stereocenters. The predicted octanol–water partition coefficient (Wildman–Crippen LogP) is 0.474. The van der Waals surface area contributed by atoms with Crippen molar-refractivity contribution >= 4 is 5.97 Å². The Bertz CT molecular complexity index is 461. The van der Waals surface area contributed by atoms with Crippen LogP contribution in [0.2, 0.25) is 0 Å². The van der Waals surface area contributed by atoms with Gasteiger partial charge in [-0.2, -0.15) is 0 Å². The van der Waals surface area contributed by atoms with Crippen molar-refractivity contribution in [2.75, 3.05) is 14.2 Å².